The van der Waals surface area contributed by atoms with Crippen LogP contribution >= 0.6 is 22.6 Å². The third-order valence-electron chi connectivity index (χ3n) is 4.81. The Labute approximate surface area is 205 Å². The zero-order chi connectivity index (χ0) is 24.2. The normalized spacial score (nSPS) is 11.1. The van der Waals surface area contributed by atoms with Crippen LogP contribution in [0.15, 0.2) is 65.6 Å². The molecular formula is C23H22FIN2O5S. The number of amides is 1. The van der Waals surface area contributed by atoms with Gasteiger partial charge in [0.1, 0.15) is 12.4 Å². The van der Waals surface area contributed by atoms with Crippen molar-refractivity contribution in [3.63, 3.8) is 0 Å². The molecule has 0 unspecified atom stereocenters. The van der Waals surface area contributed by atoms with Crippen LogP contribution in [0.25, 0.3) is 0 Å². The highest BCUT2D eigenvalue weighted by Gasteiger charge is 2.28. The van der Waals surface area contributed by atoms with Crippen LogP contribution in [-0.2, 0) is 14.8 Å². The van der Waals surface area contributed by atoms with Gasteiger partial charge in [0.2, 0.25) is 5.91 Å². The van der Waals surface area contributed by atoms with Crippen molar-refractivity contribution in [2.75, 3.05) is 30.4 Å². The van der Waals surface area contributed by atoms with Gasteiger partial charge in [0.25, 0.3) is 10.0 Å². The van der Waals surface area contributed by atoms with E-state index in [4.69, 9.17) is 9.47 Å². The maximum atomic E-state index is 13.5. The van der Waals surface area contributed by atoms with Crippen LogP contribution in [0.5, 0.6) is 11.5 Å². The first kappa shape index (κ1) is 24.8. The summed E-state index contributed by atoms with van der Waals surface area (Å²) in [7, 11) is -1.39. The lowest BCUT2D eigenvalue weighted by molar-refractivity contribution is -0.114. The summed E-state index contributed by atoms with van der Waals surface area (Å²) >= 11 is 2.16. The Morgan fingerprint density at radius 2 is 1.67 bits per heavy atom. The quantitative estimate of drug-likeness (QED) is 0.392. The number of nitrogens with zero attached hydrogens (tertiary/aromatic N) is 1. The van der Waals surface area contributed by atoms with E-state index in [1.54, 1.807) is 6.07 Å². The molecule has 0 aliphatic heterocycles. The van der Waals surface area contributed by atoms with Crippen LogP contribution in [0.2, 0.25) is 0 Å². The van der Waals surface area contributed by atoms with Gasteiger partial charge in [-0.05, 0) is 89.7 Å². The van der Waals surface area contributed by atoms with Gasteiger partial charge in [-0.3, -0.25) is 9.10 Å². The number of halogens is 2. The van der Waals surface area contributed by atoms with Crippen LogP contribution in [0.4, 0.5) is 15.8 Å². The monoisotopic (exact) mass is 584 g/mol. The number of hydrogen-bond donors (Lipinski definition) is 1. The third kappa shape index (κ3) is 5.74. The molecule has 0 fully saturated rings. The van der Waals surface area contributed by atoms with Crippen molar-refractivity contribution in [1.29, 1.82) is 0 Å². The average molecular weight is 584 g/mol. The van der Waals surface area contributed by atoms with Crippen LogP contribution < -0.4 is 19.1 Å². The fourth-order valence-electron chi connectivity index (χ4n) is 3.11. The number of hydrogen-bond acceptors (Lipinski definition) is 5. The molecule has 1 amide bonds. The molecular weight excluding hydrogens is 562 g/mol. The highest BCUT2D eigenvalue weighted by Crippen LogP contribution is 2.32. The van der Waals surface area contributed by atoms with E-state index < -0.39 is 28.3 Å². The number of anilines is 2. The molecule has 0 aliphatic rings. The number of carbonyl (C=O) groups is 1. The lowest BCUT2D eigenvalue weighted by atomic mass is 10.2. The number of methoxy groups -OCH3 is 2. The Hall–Kier alpha value is -2.86. The van der Waals surface area contributed by atoms with Gasteiger partial charge in [-0.15, -0.1) is 0 Å². The molecule has 0 spiro atoms. The summed E-state index contributed by atoms with van der Waals surface area (Å²) in [4.78, 5) is 12.8. The van der Waals surface area contributed by atoms with Crippen molar-refractivity contribution in [2.45, 2.75) is 11.8 Å². The molecule has 0 saturated carbocycles. The number of ether oxygens (including phenoxy) is 2. The predicted molar refractivity (Wildman–Crippen MR) is 133 cm³/mol. The number of rotatable bonds is 8. The van der Waals surface area contributed by atoms with Crippen molar-refractivity contribution in [3.8, 4) is 11.5 Å². The Kier molecular flexibility index (Phi) is 7.80. The minimum absolute atomic E-state index is 0.109. The van der Waals surface area contributed by atoms with E-state index in [2.05, 4.69) is 27.9 Å². The molecule has 0 heterocycles. The van der Waals surface area contributed by atoms with E-state index in [0.29, 0.717) is 11.4 Å². The fraction of sp³-hybridized carbons (Fsp3) is 0.174. The van der Waals surface area contributed by atoms with Gasteiger partial charge in [0, 0.05) is 15.3 Å². The van der Waals surface area contributed by atoms with Crippen molar-refractivity contribution in [3.05, 3.63) is 75.6 Å². The molecule has 1 N–H and O–H groups in total. The van der Waals surface area contributed by atoms with Gasteiger partial charge in [0.05, 0.1) is 24.8 Å². The van der Waals surface area contributed by atoms with E-state index in [0.717, 1.165) is 25.6 Å². The molecule has 0 aliphatic carbocycles. The molecule has 0 bridgehead atoms. The Bertz CT molecular complexity index is 1270. The predicted octanol–water partition coefficient (Wildman–Crippen LogP) is 4.59. The Morgan fingerprint density at radius 3 is 2.27 bits per heavy atom. The molecule has 3 aromatic rings. The maximum Gasteiger partial charge on any atom is 0.264 e. The number of aryl methyl sites for hydroxylation is 1. The van der Waals surface area contributed by atoms with E-state index >= 15 is 0 Å². The summed E-state index contributed by atoms with van der Waals surface area (Å²) < 4.78 is 52.9. The molecule has 3 aromatic carbocycles. The van der Waals surface area contributed by atoms with Crippen LogP contribution in [0.1, 0.15) is 5.56 Å². The summed E-state index contributed by atoms with van der Waals surface area (Å²) in [5, 5.41) is 2.75. The molecule has 0 saturated heterocycles. The van der Waals surface area contributed by atoms with Crippen molar-refractivity contribution in [1.82, 2.24) is 0 Å². The number of benzene rings is 3. The molecule has 33 heavy (non-hydrogen) atoms. The zero-order valence-corrected chi connectivity index (χ0v) is 21.1. The summed E-state index contributed by atoms with van der Waals surface area (Å²) in [6, 6.07) is 14.5. The van der Waals surface area contributed by atoms with Crippen molar-refractivity contribution < 1.29 is 27.1 Å². The second-order valence-electron chi connectivity index (χ2n) is 7.01. The molecule has 10 heteroatoms. The van der Waals surface area contributed by atoms with Gasteiger partial charge in [-0.1, -0.05) is 0 Å². The van der Waals surface area contributed by atoms with Crippen molar-refractivity contribution >= 4 is 49.9 Å². The van der Waals surface area contributed by atoms with Gasteiger partial charge in [-0.2, -0.15) is 0 Å². The molecule has 7 nitrogen and oxygen atoms in total. The Balaban J connectivity index is 1.99. The lowest BCUT2D eigenvalue weighted by Crippen LogP contribution is -2.38. The SMILES string of the molecule is COc1ccc(S(=O)(=O)N(CC(=O)Nc2ccc(I)cc2C)c2ccc(F)cc2)cc1OC. The van der Waals surface area contributed by atoms with Gasteiger partial charge in [0.15, 0.2) is 11.5 Å². The largest absolute Gasteiger partial charge is 0.493 e. The van der Waals surface area contributed by atoms with Crippen molar-refractivity contribution in [2.24, 2.45) is 0 Å². The van der Waals surface area contributed by atoms with E-state index in [9.17, 15) is 17.6 Å². The summed E-state index contributed by atoms with van der Waals surface area (Å²) in [5.74, 6) is -0.498. The number of nitrogens with one attached hydrogen (secondary N) is 1. The Morgan fingerprint density at radius 1 is 1.00 bits per heavy atom. The minimum Gasteiger partial charge on any atom is -0.493 e. The summed E-state index contributed by atoms with van der Waals surface area (Å²) in [6.45, 7) is 1.32. The molecule has 0 atom stereocenters. The second kappa shape index (κ2) is 10.4. The molecule has 174 valence electrons. The second-order valence-corrected chi connectivity index (χ2v) is 10.1. The lowest BCUT2D eigenvalue weighted by Gasteiger charge is -2.24. The van der Waals surface area contributed by atoms with E-state index in [1.165, 1.54) is 44.6 Å². The highest BCUT2D eigenvalue weighted by atomic mass is 127. The maximum absolute atomic E-state index is 13.5. The minimum atomic E-state index is -4.22. The highest BCUT2D eigenvalue weighted by molar-refractivity contribution is 14.1. The topological polar surface area (TPSA) is 84.9 Å². The molecule has 3 rings (SSSR count). The van der Waals surface area contributed by atoms with Crippen LogP contribution in [-0.4, -0.2) is 35.1 Å². The third-order valence-corrected chi connectivity index (χ3v) is 7.25. The zero-order valence-electron chi connectivity index (χ0n) is 18.1. The van der Waals surface area contributed by atoms with E-state index in [1.807, 2.05) is 19.1 Å². The smallest absolute Gasteiger partial charge is 0.264 e. The first-order chi connectivity index (χ1) is 15.6. The van der Waals surface area contributed by atoms with Crippen LogP contribution in [0, 0.1) is 16.3 Å². The summed E-state index contributed by atoms with van der Waals surface area (Å²) in [6.07, 6.45) is 0. The van der Waals surface area contributed by atoms with E-state index in [-0.39, 0.29) is 16.3 Å². The standard InChI is InChI=1S/C23H22FIN2O5S/c1-15-12-17(25)6-10-20(15)26-23(28)14-27(18-7-4-16(24)5-8-18)33(29,30)19-9-11-21(31-2)22(13-19)32-3/h4-13H,14H2,1-3H3,(H,26,28). The van der Waals surface area contributed by atoms with Gasteiger partial charge in [-0.25, -0.2) is 12.8 Å². The summed E-state index contributed by atoms with van der Waals surface area (Å²) in [5.41, 5.74) is 1.55. The number of carbonyl (C=O) groups excluding carboxylic acids is 1. The number of sulfonamides is 1. The molecule has 0 aromatic heterocycles. The first-order valence-corrected chi connectivity index (χ1v) is 12.2. The average Bonchev–Trinajstić information content (AvgIpc) is 2.79. The first-order valence-electron chi connectivity index (χ1n) is 9.72. The van der Waals surface area contributed by atoms with Gasteiger partial charge >= 0.3 is 0 Å². The fourth-order valence-corrected chi connectivity index (χ4v) is 5.20. The molecule has 0 radical (unpaired) electrons. The van der Waals surface area contributed by atoms with Gasteiger partial charge < -0.3 is 14.8 Å². The van der Waals surface area contributed by atoms with Crippen LogP contribution in [0.3, 0.4) is 0 Å².